The number of hydrogen-bond donors (Lipinski definition) is 0. The Hall–Kier alpha value is -3.00. The molecule has 3 rings (SSSR count). The predicted molar refractivity (Wildman–Crippen MR) is 112 cm³/mol. The third kappa shape index (κ3) is 4.22. The average Bonchev–Trinajstić information content (AvgIpc) is 3.03. The molecule has 0 atom stereocenters. The first-order valence-corrected chi connectivity index (χ1v) is 10.1. The largest absolute Gasteiger partial charge is 0.462 e. The SMILES string of the molecule is CCOC(=O)c1sc2ncn(CC(=O)N(C)Cc3ccccc3C)c(=O)c2c1C. The van der Waals surface area contributed by atoms with Crippen molar-refractivity contribution in [3.63, 3.8) is 0 Å². The standard InChI is InChI=1S/C21H23N3O4S/c1-5-28-21(27)18-14(3)17-19(29-18)22-12-24(20(17)26)11-16(25)23(4)10-15-9-7-6-8-13(15)2/h6-9,12H,5,10-11H2,1-4H3. The maximum atomic E-state index is 12.9. The van der Waals surface area contributed by atoms with Crippen LogP contribution in [0.15, 0.2) is 35.4 Å². The summed E-state index contributed by atoms with van der Waals surface area (Å²) in [5, 5.41) is 0.356. The summed E-state index contributed by atoms with van der Waals surface area (Å²) in [7, 11) is 1.71. The number of ether oxygens (including phenoxy) is 1. The van der Waals surface area contributed by atoms with Gasteiger partial charge in [-0.05, 0) is 37.5 Å². The molecule has 3 aromatic rings. The second kappa shape index (κ2) is 8.57. The van der Waals surface area contributed by atoms with E-state index in [1.165, 1.54) is 10.9 Å². The molecule has 8 heteroatoms. The summed E-state index contributed by atoms with van der Waals surface area (Å²) in [5.41, 5.74) is 2.36. The molecule has 1 aromatic carbocycles. The van der Waals surface area contributed by atoms with Gasteiger partial charge in [-0.3, -0.25) is 14.2 Å². The van der Waals surface area contributed by atoms with E-state index in [2.05, 4.69) is 4.98 Å². The minimum absolute atomic E-state index is 0.117. The molecule has 0 aliphatic carbocycles. The van der Waals surface area contributed by atoms with Gasteiger partial charge < -0.3 is 9.64 Å². The zero-order chi connectivity index (χ0) is 21.1. The molecule has 152 valence electrons. The normalized spacial score (nSPS) is 10.9. The van der Waals surface area contributed by atoms with E-state index in [1.807, 2.05) is 31.2 Å². The number of fused-ring (bicyclic) bond motifs is 1. The Kier molecular flexibility index (Phi) is 6.12. The van der Waals surface area contributed by atoms with Gasteiger partial charge in [0.1, 0.15) is 16.3 Å². The topological polar surface area (TPSA) is 81.5 Å². The van der Waals surface area contributed by atoms with Gasteiger partial charge >= 0.3 is 5.97 Å². The second-order valence-corrected chi connectivity index (χ2v) is 7.81. The van der Waals surface area contributed by atoms with Crippen molar-refractivity contribution in [3.05, 3.63) is 62.5 Å². The first kappa shape index (κ1) is 20.7. The Balaban J connectivity index is 1.84. The Bertz CT molecular complexity index is 1130. The summed E-state index contributed by atoms with van der Waals surface area (Å²) in [6.45, 7) is 6.02. The summed E-state index contributed by atoms with van der Waals surface area (Å²) < 4.78 is 6.33. The van der Waals surface area contributed by atoms with Gasteiger partial charge in [0.25, 0.3) is 5.56 Å². The molecule has 2 heterocycles. The number of carbonyl (C=O) groups excluding carboxylic acids is 2. The zero-order valence-electron chi connectivity index (χ0n) is 16.9. The van der Waals surface area contributed by atoms with Gasteiger partial charge in [0.15, 0.2) is 0 Å². The Morgan fingerprint density at radius 2 is 1.97 bits per heavy atom. The fourth-order valence-electron chi connectivity index (χ4n) is 3.06. The van der Waals surface area contributed by atoms with Crippen LogP contribution in [-0.4, -0.2) is 40.0 Å². The highest BCUT2D eigenvalue weighted by Crippen LogP contribution is 2.27. The van der Waals surface area contributed by atoms with Crippen molar-refractivity contribution in [2.24, 2.45) is 0 Å². The highest BCUT2D eigenvalue weighted by Gasteiger charge is 2.21. The van der Waals surface area contributed by atoms with Crippen molar-refractivity contribution in [2.75, 3.05) is 13.7 Å². The van der Waals surface area contributed by atoms with E-state index in [0.29, 0.717) is 27.2 Å². The average molecular weight is 413 g/mol. The fourth-order valence-corrected chi connectivity index (χ4v) is 4.09. The number of nitrogens with zero attached hydrogens (tertiary/aromatic N) is 3. The Labute approximate surface area is 172 Å². The number of aromatic nitrogens is 2. The van der Waals surface area contributed by atoms with E-state index >= 15 is 0 Å². The van der Waals surface area contributed by atoms with Crippen LogP contribution in [0.2, 0.25) is 0 Å². The number of esters is 1. The number of amides is 1. The summed E-state index contributed by atoms with van der Waals surface area (Å²) in [6, 6.07) is 7.86. The van der Waals surface area contributed by atoms with Crippen LogP contribution in [0.1, 0.15) is 33.3 Å². The van der Waals surface area contributed by atoms with E-state index in [-0.39, 0.29) is 24.6 Å². The molecule has 1 amide bonds. The number of benzene rings is 1. The quantitative estimate of drug-likeness (QED) is 0.581. The Morgan fingerprint density at radius 1 is 1.24 bits per heavy atom. The molecule has 0 unspecified atom stereocenters. The van der Waals surface area contributed by atoms with Gasteiger partial charge in [0, 0.05) is 13.6 Å². The maximum Gasteiger partial charge on any atom is 0.348 e. The summed E-state index contributed by atoms with van der Waals surface area (Å²) in [4.78, 5) is 44.4. The van der Waals surface area contributed by atoms with E-state index < -0.39 is 5.97 Å². The number of thiophene rings is 1. The molecular formula is C21H23N3O4S. The van der Waals surface area contributed by atoms with Gasteiger partial charge in [-0.1, -0.05) is 24.3 Å². The third-order valence-electron chi connectivity index (χ3n) is 4.78. The van der Waals surface area contributed by atoms with E-state index in [4.69, 9.17) is 4.74 Å². The second-order valence-electron chi connectivity index (χ2n) is 6.81. The monoisotopic (exact) mass is 413 g/mol. The van der Waals surface area contributed by atoms with Crippen LogP contribution < -0.4 is 5.56 Å². The van der Waals surface area contributed by atoms with Crippen LogP contribution in [0.3, 0.4) is 0 Å². The fraction of sp³-hybridized carbons (Fsp3) is 0.333. The lowest BCUT2D eigenvalue weighted by molar-refractivity contribution is -0.131. The molecule has 2 aromatic heterocycles. The van der Waals surface area contributed by atoms with Crippen molar-refractivity contribution >= 4 is 33.4 Å². The smallest absolute Gasteiger partial charge is 0.348 e. The first-order chi connectivity index (χ1) is 13.8. The van der Waals surface area contributed by atoms with Crippen LogP contribution in [0, 0.1) is 13.8 Å². The molecule has 0 radical (unpaired) electrons. The van der Waals surface area contributed by atoms with E-state index in [0.717, 1.165) is 22.5 Å². The number of hydrogen-bond acceptors (Lipinski definition) is 6. The van der Waals surface area contributed by atoms with Crippen molar-refractivity contribution < 1.29 is 14.3 Å². The van der Waals surface area contributed by atoms with Gasteiger partial charge in [-0.25, -0.2) is 9.78 Å². The highest BCUT2D eigenvalue weighted by molar-refractivity contribution is 7.20. The lowest BCUT2D eigenvalue weighted by Crippen LogP contribution is -2.33. The molecule has 0 N–H and O–H groups in total. The van der Waals surface area contributed by atoms with Crippen molar-refractivity contribution in [1.82, 2.24) is 14.5 Å². The minimum Gasteiger partial charge on any atom is -0.462 e. The van der Waals surface area contributed by atoms with E-state index in [1.54, 1.807) is 25.8 Å². The maximum absolute atomic E-state index is 12.9. The Morgan fingerprint density at radius 3 is 2.66 bits per heavy atom. The first-order valence-electron chi connectivity index (χ1n) is 9.27. The molecule has 0 saturated carbocycles. The lowest BCUT2D eigenvalue weighted by Gasteiger charge is -2.19. The van der Waals surface area contributed by atoms with Crippen molar-refractivity contribution in [2.45, 2.75) is 33.9 Å². The lowest BCUT2D eigenvalue weighted by atomic mass is 10.1. The van der Waals surface area contributed by atoms with Gasteiger partial charge in [0.05, 0.1) is 18.3 Å². The number of likely N-dealkylation sites (N-methyl/N-ethyl adjacent to an activating group) is 1. The highest BCUT2D eigenvalue weighted by atomic mass is 32.1. The molecule has 0 saturated heterocycles. The molecule has 29 heavy (non-hydrogen) atoms. The van der Waals surface area contributed by atoms with Gasteiger partial charge in [-0.2, -0.15) is 0 Å². The molecule has 0 spiro atoms. The van der Waals surface area contributed by atoms with Gasteiger partial charge in [0.2, 0.25) is 5.91 Å². The number of rotatable bonds is 6. The third-order valence-corrected chi connectivity index (χ3v) is 5.96. The molecule has 0 bridgehead atoms. The minimum atomic E-state index is -0.465. The molecule has 7 nitrogen and oxygen atoms in total. The zero-order valence-corrected chi connectivity index (χ0v) is 17.7. The van der Waals surface area contributed by atoms with Crippen molar-refractivity contribution in [1.29, 1.82) is 0 Å². The molecular weight excluding hydrogens is 390 g/mol. The summed E-state index contributed by atoms with van der Waals surface area (Å²) in [5.74, 6) is -0.664. The number of aryl methyl sites for hydroxylation is 2. The summed E-state index contributed by atoms with van der Waals surface area (Å²) >= 11 is 1.13. The predicted octanol–water partition coefficient (Wildman–Crippen LogP) is 2.91. The van der Waals surface area contributed by atoms with Crippen LogP contribution in [0.25, 0.3) is 10.2 Å². The van der Waals surface area contributed by atoms with Crippen LogP contribution in [0.5, 0.6) is 0 Å². The van der Waals surface area contributed by atoms with Gasteiger partial charge in [-0.15, -0.1) is 11.3 Å². The molecule has 0 fully saturated rings. The van der Waals surface area contributed by atoms with Crippen LogP contribution in [-0.2, 0) is 22.6 Å². The van der Waals surface area contributed by atoms with Crippen molar-refractivity contribution in [3.8, 4) is 0 Å². The molecule has 0 aliphatic rings. The number of carbonyl (C=O) groups is 2. The van der Waals surface area contributed by atoms with Crippen LogP contribution in [0.4, 0.5) is 0 Å². The summed E-state index contributed by atoms with van der Waals surface area (Å²) in [6.07, 6.45) is 1.36. The molecule has 0 aliphatic heterocycles. The van der Waals surface area contributed by atoms with E-state index in [9.17, 15) is 14.4 Å². The van der Waals surface area contributed by atoms with Crippen LogP contribution >= 0.6 is 11.3 Å².